The van der Waals surface area contributed by atoms with Gasteiger partial charge in [-0.15, -0.1) is 0 Å². The lowest BCUT2D eigenvalue weighted by Crippen LogP contribution is -2.39. The van der Waals surface area contributed by atoms with Crippen LogP contribution < -0.4 is 15.8 Å². The van der Waals surface area contributed by atoms with E-state index in [9.17, 15) is 0 Å². The van der Waals surface area contributed by atoms with Gasteiger partial charge >= 0.3 is 0 Å². The van der Waals surface area contributed by atoms with E-state index in [-0.39, 0.29) is 6.10 Å². The van der Waals surface area contributed by atoms with E-state index in [4.69, 9.17) is 22.1 Å². The van der Waals surface area contributed by atoms with Gasteiger partial charge in [-0.05, 0) is 32.0 Å². The minimum absolute atomic E-state index is 0.0902. The lowest BCUT2D eigenvalue weighted by molar-refractivity contribution is 0.213. The van der Waals surface area contributed by atoms with Crippen molar-refractivity contribution in [2.24, 2.45) is 5.73 Å². The molecule has 1 aromatic rings. The Labute approximate surface area is 102 Å². The lowest BCUT2D eigenvalue weighted by atomic mass is 10.3. The van der Waals surface area contributed by atoms with Crippen molar-refractivity contribution in [2.45, 2.75) is 26.0 Å². The fourth-order valence-electron chi connectivity index (χ4n) is 1.26. The minimum atomic E-state index is 0.0902. The van der Waals surface area contributed by atoms with Crippen molar-refractivity contribution < 1.29 is 4.74 Å². The third kappa shape index (κ3) is 4.84. The normalized spacial score (nSPS) is 14.5. The van der Waals surface area contributed by atoms with Crippen LogP contribution in [0.3, 0.4) is 0 Å². The van der Waals surface area contributed by atoms with E-state index in [1.54, 1.807) is 0 Å². The van der Waals surface area contributed by atoms with Crippen molar-refractivity contribution in [3.05, 3.63) is 29.3 Å². The average Bonchev–Trinajstić information content (AvgIpc) is 2.26. The minimum Gasteiger partial charge on any atom is -0.489 e. The zero-order valence-electron chi connectivity index (χ0n) is 9.74. The van der Waals surface area contributed by atoms with Crippen LogP contribution in [0, 0.1) is 0 Å². The highest BCUT2D eigenvalue weighted by molar-refractivity contribution is 6.30. The molecule has 0 radical (unpaired) electrons. The third-order valence-corrected chi connectivity index (χ3v) is 2.48. The fraction of sp³-hybridized carbons (Fsp3) is 0.500. The summed E-state index contributed by atoms with van der Waals surface area (Å²) in [7, 11) is 0. The first-order chi connectivity index (χ1) is 7.61. The fourth-order valence-corrected chi connectivity index (χ4v) is 1.45. The van der Waals surface area contributed by atoms with Gasteiger partial charge in [0, 0.05) is 24.2 Å². The maximum Gasteiger partial charge on any atom is 0.121 e. The van der Waals surface area contributed by atoms with E-state index >= 15 is 0 Å². The quantitative estimate of drug-likeness (QED) is 0.803. The molecule has 0 aliphatic heterocycles. The summed E-state index contributed by atoms with van der Waals surface area (Å²) in [6.45, 7) is 5.46. The number of benzene rings is 1. The van der Waals surface area contributed by atoms with Gasteiger partial charge in [-0.2, -0.15) is 0 Å². The number of hydrogen-bond acceptors (Lipinski definition) is 3. The Balaban J connectivity index is 2.36. The Morgan fingerprint density at radius 3 is 2.81 bits per heavy atom. The highest BCUT2D eigenvalue weighted by Crippen LogP contribution is 2.18. The van der Waals surface area contributed by atoms with Crippen molar-refractivity contribution >= 4 is 11.6 Å². The maximum absolute atomic E-state index is 5.87. The summed E-state index contributed by atoms with van der Waals surface area (Å²) in [5.41, 5.74) is 5.51. The molecule has 1 unspecified atom stereocenters. The second-order valence-electron chi connectivity index (χ2n) is 3.93. The molecule has 90 valence electrons. The van der Waals surface area contributed by atoms with Gasteiger partial charge in [0.1, 0.15) is 11.9 Å². The van der Waals surface area contributed by atoms with Gasteiger partial charge in [-0.3, -0.25) is 0 Å². The number of nitrogens with two attached hydrogens (primary N) is 1. The molecular weight excluding hydrogens is 224 g/mol. The van der Waals surface area contributed by atoms with E-state index in [1.807, 2.05) is 38.1 Å². The van der Waals surface area contributed by atoms with E-state index < -0.39 is 0 Å². The third-order valence-electron chi connectivity index (χ3n) is 2.24. The summed E-state index contributed by atoms with van der Waals surface area (Å²) in [6, 6.07) is 7.72. The first-order valence-electron chi connectivity index (χ1n) is 5.47. The average molecular weight is 243 g/mol. The van der Waals surface area contributed by atoms with Crippen molar-refractivity contribution in [2.75, 3.05) is 13.1 Å². The highest BCUT2D eigenvalue weighted by Gasteiger charge is 2.06. The van der Waals surface area contributed by atoms with Gasteiger partial charge in [0.05, 0.1) is 0 Å². The number of hydrogen-bond donors (Lipinski definition) is 2. The molecule has 0 saturated carbocycles. The number of rotatable bonds is 6. The monoisotopic (exact) mass is 242 g/mol. The molecule has 16 heavy (non-hydrogen) atoms. The number of halogens is 1. The molecule has 0 heterocycles. The molecule has 0 aliphatic rings. The molecule has 0 fully saturated rings. The molecule has 3 N–H and O–H groups in total. The van der Waals surface area contributed by atoms with Crippen LogP contribution in [0.4, 0.5) is 0 Å². The Hall–Kier alpha value is -0.770. The zero-order valence-corrected chi connectivity index (χ0v) is 10.5. The molecule has 0 amide bonds. The van der Waals surface area contributed by atoms with Gasteiger partial charge in [0.2, 0.25) is 0 Å². The largest absolute Gasteiger partial charge is 0.489 e. The lowest BCUT2D eigenvalue weighted by Gasteiger charge is -2.18. The van der Waals surface area contributed by atoms with Crippen LogP contribution in [0.2, 0.25) is 5.02 Å². The molecule has 1 rings (SSSR count). The van der Waals surface area contributed by atoms with Crippen LogP contribution in [0.5, 0.6) is 5.75 Å². The number of nitrogens with one attached hydrogen (secondary N) is 1. The number of ether oxygens (including phenoxy) is 1. The molecular formula is C12H19ClN2O. The Morgan fingerprint density at radius 1 is 1.44 bits per heavy atom. The summed E-state index contributed by atoms with van der Waals surface area (Å²) in [4.78, 5) is 0. The molecule has 4 heteroatoms. The molecule has 0 spiro atoms. The molecule has 0 aliphatic carbocycles. The predicted octanol–water partition coefficient (Wildman–Crippen LogP) is 2.04. The summed E-state index contributed by atoms with van der Waals surface area (Å²) in [6.07, 6.45) is 0.0902. The van der Waals surface area contributed by atoms with Gasteiger partial charge in [0.15, 0.2) is 0 Å². The highest BCUT2D eigenvalue weighted by atomic mass is 35.5. The molecule has 2 atom stereocenters. The van der Waals surface area contributed by atoms with Gasteiger partial charge in [0.25, 0.3) is 0 Å². The first-order valence-corrected chi connectivity index (χ1v) is 5.85. The Morgan fingerprint density at radius 2 is 2.19 bits per heavy atom. The van der Waals surface area contributed by atoms with Crippen LogP contribution >= 0.6 is 11.6 Å². The van der Waals surface area contributed by atoms with Crippen molar-refractivity contribution in [1.82, 2.24) is 5.32 Å². The van der Waals surface area contributed by atoms with Crippen LogP contribution in [0.25, 0.3) is 0 Å². The van der Waals surface area contributed by atoms with Crippen LogP contribution in [-0.4, -0.2) is 25.2 Å². The summed E-state index contributed by atoms with van der Waals surface area (Å²) >= 11 is 5.87. The van der Waals surface area contributed by atoms with Crippen LogP contribution in [-0.2, 0) is 0 Å². The standard InChI is InChI=1S/C12H19ClN2O/c1-9(7-14)15-8-10(2)16-12-5-3-4-11(13)6-12/h3-6,9-10,15H,7-8,14H2,1-2H3/t9-,10?/m0/s1. The second-order valence-corrected chi connectivity index (χ2v) is 4.37. The Bertz CT molecular complexity index is 320. The molecule has 1 aromatic carbocycles. The smallest absolute Gasteiger partial charge is 0.121 e. The van der Waals surface area contributed by atoms with Crippen molar-refractivity contribution in [3.63, 3.8) is 0 Å². The molecule has 0 bridgehead atoms. The van der Waals surface area contributed by atoms with Gasteiger partial charge in [-0.1, -0.05) is 17.7 Å². The van der Waals surface area contributed by atoms with Crippen molar-refractivity contribution in [3.8, 4) is 5.75 Å². The summed E-state index contributed by atoms with van der Waals surface area (Å²) in [5.74, 6) is 0.794. The predicted molar refractivity (Wildman–Crippen MR) is 68.1 cm³/mol. The summed E-state index contributed by atoms with van der Waals surface area (Å²) in [5, 5.41) is 3.97. The molecule has 0 saturated heterocycles. The van der Waals surface area contributed by atoms with Crippen molar-refractivity contribution in [1.29, 1.82) is 0 Å². The van der Waals surface area contributed by atoms with E-state index in [0.717, 1.165) is 12.3 Å². The topological polar surface area (TPSA) is 47.3 Å². The van der Waals surface area contributed by atoms with Gasteiger partial charge < -0.3 is 15.8 Å². The van der Waals surface area contributed by atoms with E-state index in [0.29, 0.717) is 17.6 Å². The molecule has 0 aromatic heterocycles. The van der Waals surface area contributed by atoms with Crippen LogP contribution in [0.1, 0.15) is 13.8 Å². The Kier molecular flexibility index (Phi) is 5.60. The van der Waals surface area contributed by atoms with E-state index in [1.165, 1.54) is 0 Å². The SMILES string of the molecule is CC(CN[C@@H](C)CN)Oc1cccc(Cl)c1. The maximum atomic E-state index is 5.87. The zero-order chi connectivity index (χ0) is 12.0. The summed E-state index contributed by atoms with van der Waals surface area (Å²) < 4.78 is 5.70. The van der Waals surface area contributed by atoms with Gasteiger partial charge in [-0.25, -0.2) is 0 Å². The first kappa shape index (κ1) is 13.3. The van der Waals surface area contributed by atoms with Crippen LogP contribution in [0.15, 0.2) is 24.3 Å². The molecule has 3 nitrogen and oxygen atoms in total. The van der Waals surface area contributed by atoms with E-state index in [2.05, 4.69) is 5.32 Å². The second kappa shape index (κ2) is 6.74.